The Labute approximate surface area is 114 Å². The van der Waals surface area contributed by atoms with Crippen molar-refractivity contribution in [3.63, 3.8) is 0 Å². The lowest BCUT2D eigenvalue weighted by Crippen LogP contribution is -2.50. The van der Waals surface area contributed by atoms with Crippen LogP contribution in [-0.2, 0) is 4.84 Å². The molecule has 3 rings (SSSR count). The minimum absolute atomic E-state index is 0.261. The molecule has 1 unspecified atom stereocenters. The lowest BCUT2D eigenvalue weighted by atomic mass is 10.1. The molecule has 0 aliphatic carbocycles. The number of nitrogens with zero attached hydrogens (tertiary/aromatic N) is 4. The van der Waals surface area contributed by atoms with E-state index in [-0.39, 0.29) is 6.10 Å². The van der Waals surface area contributed by atoms with Crippen molar-refractivity contribution in [1.29, 1.82) is 0 Å². The Balaban J connectivity index is 1.47. The minimum Gasteiger partial charge on any atom is -0.391 e. The van der Waals surface area contributed by atoms with Crippen LogP contribution >= 0.6 is 0 Å². The fraction of sp³-hybridized carbons (Fsp3) is 0.714. The Morgan fingerprint density at radius 3 is 2.74 bits per heavy atom. The van der Waals surface area contributed by atoms with Crippen LogP contribution in [0.1, 0.15) is 37.2 Å². The highest BCUT2D eigenvalue weighted by Gasteiger charge is 2.33. The maximum absolute atomic E-state index is 5.46. The van der Waals surface area contributed by atoms with Crippen molar-refractivity contribution in [3.8, 4) is 0 Å². The number of aryl methyl sites for hydroxylation is 2. The molecule has 0 N–H and O–H groups in total. The topological polar surface area (TPSA) is 42.6 Å². The van der Waals surface area contributed by atoms with Gasteiger partial charge in [-0.15, -0.1) is 0 Å². The molecule has 0 aromatic carbocycles. The summed E-state index contributed by atoms with van der Waals surface area (Å²) < 4.78 is 2.16. The molecular weight excluding hydrogens is 240 g/mol. The van der Waals surface area contributed by atoms with Gasteiger partial charge in [0.1, 0.15) is 6.10 Å². The van der Waals surface area contributed by atoms with E-state index in [2.05, 4.69) is 46.7 Å². The Bertz CT molecular complexity index is 488. The first-order valence-electron chi connectivity index (χ1n) is 7.12. The summed E-state index contributed by atoms with van der Waals surface area (Å²) in [6, 6.07) is 2.67. The molecule has 0 saturated carbocycles. The Hall–Kier alpha value is -1.36. The predicted molar refractivity (Wildman–Crippen MR) is 74.4 cm³/mol. The molecule has 1 aromatic heterocycles. The molecular formula is C14H22N4O. The first kappa shape index (κ1) is 12.7. The van der Waals surface area contributed by atoms with Gasteiger partial charge in [0.05, 0.1) is 17.4 Å². The summed E-state index contributed by atoms with van der Waals surface area (Å²) in [5.74, 6) is 0. The van der Waals surface area contributed by atoms with Crippen LogP contribution in [0.2, 0.25) is 0 Å². The van der Waals surface area contributed by atoms with Crippen molar-refractivity contribution in [2.75, 3.05) is 19.6 Å². The molecule has 0 amide bonds. The van der Waals surface area contributed by atoms with Gasteiger partial charge in [0.15, 0.2) is 0 Å². The van der Waals surface area contributed by atoms with E-state index in [1.54, 1.807) is 0 Å². The van der Waals surface area contributed by atoms with Crippen molar-refractivity contribution in [2.45, 2.75) is 45.8 Å². The van der Waals surface area contributed by atoms with Gasteiger partial charge in [0, 0.05) is 31.7 Å². The Morgan fingerprint density at radius 1 is 1.37 bits per heavy atom. The normalized spacial score (nSPS) is 24.2. The molecule has 0 spiro atoms. The highest BCUT2D eigenvalue weighted by Crippen LogP contribution is 2.24. The van der Waals surface area contributed by atoms with Crippen molar-refractivity contribution >= 4 is 5.71 Å². The van der Waals surface area contributed by atoms with E-state index in [0.717, 1.165) is 38.2 Å². The van der Waals surface area contributed by atoms with Crippen LogP contribution < -0.4 is 0 Å². The van der Waals surface area contributed by atoms with Crippen molar-refractivity contribution in [1.82, 2.24) is 14.7 Å². The van der Waals surface area contributed by atoms with Gasteiger partial charge in [-0.25, -0.2) is 0 Å². The van der Waals surface area contributed by atoms with Gasteiger partial charge in [-0.2, -0.15) is 5.10 Å². The number of oxime groups is 1. The number of likely N-dealkylation sites (tertiary alicyclic amines) is 1. The maximum atomic E-state index is 5.46. The summed E-state index contributed by atoms with van der Waals surface area (Å²) in [6.07, 6.45) is 2.26. The van der Waals surface area contributed by atoms with Gasteiger partial charge < -0.3 is 4.84 Å². The smallest absolute Gasteiger partial charge is 0.145 e. The second kappa shape index (κ2) is 4.96. The van der Waals surface area contributed by atoms with E-state index < -0.39 is 0 Å². The highest BCUT2D eigenvalue weighted by molar-refractivity contribution is 5.85. The lowest BCUT2D eigenvalue weighted by Gasteiger charge is -2.40. The van der Waals surface area contributed by atoms with Crippen molar-refractivity contribution in [3.05, 3.63) is 17.5 Å². The molecule has 1 saturated heterocycles. The largest absolute Gasteiger partial charge is 0.391 e. The van der Waals surface area contributed by atoms with Gasteiger partial charge in [-0.1, -0.05) is 12.1 Å². The van der Waals surface area contributed by atoms with E-state index in [0.29, 0.717) is 6.04 Å². The molecule has 0 bridgehead atoms. The third-order valence-corrected chi connectivity index (χ3v) is 3.99. The molecule has 1 atom stereocenters. The summed E-state index contributed by atoms with van der Waals surface area (Å²) >= 11 is 0. The standard InChI is InChI=1S/C14H22N4O/c1-4-12-6-14(19-16-12)9-17-7-13(8-17)18-11(3)5-10(2)15-18/h5,13-14H,4,6-9H2,1-3H3. The maximum Gasteiger partial charge on any atom is 0.145 e. The average Bonchev–Trinajstić information content (AvgIpc) is 2.90. The summed E-state index contributed by atoms with van der Waals surface area (Å²) in [7, 11) is 0. The number of aromatic nitrogens is 2. The van der Waals surface area contributed by atoms with Crippen LogP contribution in [-0.4, -0.2) is 46.1 Å². The summed E-state index contributed by atoms with van der Waals surface area (Å²) in [5, 5.41) is 8.67. The van der Waals surface area contributed by atoms with Crippen LogP contribution in [0.3, 0.4) is 0 Å². The zero-order chi connectivity index (χ0) is 13.4. The second-order valence-electron chi connectivity index (χ2n) is 5.69. The average molecular weight is 262 g/mol. The van der Waals surface area contributed by atoms with Crippen LogP contribution in [0.25, 0.3) is 0 Å². The molecule has 5 heteroatoms. The highest BCUT2D eigenvalue weighted by atomic mass is 16.6. The Morgan fingerprint density at radius 2 is 2.16 bits per heavy atom. The van der Waals surface area contributed by atoms with E-state index in [9.17, 15) is 0 Å². The SMILES string of the molecule is CCC1=NOC(CN2CC(n3nc(C)cc3C)C2)C1. The fourth-order valence-electron chi connectivity index (χ4n) is 2.94. The fourth-order valence-corrected chi connectivity index (χ4v) is 2.94. The molecule has 0 radical (unpaired) electrons. The Kier molecular flexibility index (Phi) is 3.31. The molecule has 2 aliphatic heterocycles. The van der Waals surface area contributed by atoms with E-state index >= 15 is 0 Å². The molecule has 2 aliphatic rings. The second-order valence-corrected chi connectivity index (χ2v) is 5.69. The van der Waals surface area contributed by atoms with Crippen LogP contribution in [0, 0.1) is 13.8 Å². The monoisotopic (exact) mass is 262 g/mol. The van der Waals surface area contributed by atoms with Gasteiger partial charge in [-0.3, -0.25) is 9.58 Å². The molecule has 5 nitrogen and oxygen atoms in total. The summed E-state index contributed by atoms with van der Waals surface area (Å²) in [6.45, 7) is 9.45. The zero-order valence-corrected chi connectivity index (χ0v) is 12.0. The van der Waals surface area contributed by atoms with E-state index in [1.165, 1.54) is 11.4 Å². The van der Waals surface area contributed by atoms with Crippen molar-refractivity contribution in [2.24, 2.45) is 5.16 Å². The predicted octanol–water partition coefficient (Wildman–Crippen LogP) is 1.91. The van der Waals surface area contributed by atoms with Crippen molar-refractivity contribution < 1.29 is 4.84 Å². The molecule has 1 fully saturated rings. The molecule has 1 aromatic rings. The van der Waals surface area contributed by atoms with E-state index in [1.807, 2.05) is 0 Å². The van der Waals surface area contributed by atoms with Gasteiger partial charge in [0.25, 0.3) is 0 Å². The third-order valence-electron chi connectivity index (χ3n) is 3.99. The third kappa shape index (κ3) is 2.52. The number of hydrogen-bond donors (Lipinski definition) is 0. The van der Waals surface area contributed by atoms with Gasteiger partial charge >= 0.3 is 0 Å². The molecule has 104 valence electrons. The van der Waals surface area contributed by atoms with Crippen LogP contribution in [0.5, 0.6) is 0 Å². The summed E-state index contributed by atoms with van der Waals surface area (Å²) in [4.78, 5) is 7.89. The van der Waals surface area contributed by atoms with Crippen LogP contribution in [0.4, 0.5) is 0 Å². The van der Waals surface area contributed by atoms with Crippen LogP contribution in [0.15, 0.2) is 11.2 Å². The lowest BCUT2D eigenvalue weighted by molar-refractivity contribution is 0.0117. The quantitative estimate of drug-likeness (QED) is 0.832. The molecule has 3 heterocycles. The minimum atomic E-state index is 0.261. The summed E-state index contributed by atoms with van der Waals surface area (Å²) in [5.41, 5.74) is 3.56. The van der Waals surface area contributed by atoms with E-state index in [4.69, 9.17) is 4.84 Å². The first-order valence-corrected chi connectivity index (χ1v) is 7.12. The number of hydrogen-bond acceptors (Lipinski definition) is 4. The number of rotatable bonds is 4. The zero-order valence-electron chi connectivity index (χ0n) is 12.0. The molecule has 19 heavy (non-hydrogen) atoms. The van der Waals surface area contributed by atoms with Gasteiger partial charge in [-0.05, 0) is 26.3 Å². The first-order chi connectivity index (χ1) is 9.15. The van der Waals surface area contributed by atoms with Gasteiger partial charge in [0.2, 0.25) is 0 Å².